The number of nitrogens with one attached hydrogen (secondary N) is 1. The molecule has 2 aromatic carbocycles. The lowest BCUT2D eigenvalue weighted by Gasteiger charge is -2.09. The molecule has 0 atom stereocenters. The molecule has 6 nitrogen and oxygen atoms in total. The molecule has 3 rings (SSSR count). The summed E-state index contributed by atoms with van der Waals surface area (Å²) in [7, 11) is 0. The summed E-state index contributed by atoms with van der Waals surface area (Å²) in [5, 5.41) is 3.67. The average Bonchev–Trinajstić information content (AvgIpc) is 2.68. The molecule has 3 aromatic rings. The van der Waals surface area contributed by atoms with Crippen molar-refractivity contribution in [3.63, 3.8) is 0 Å². The number of benzene rings is 2. The predicted octanol–water partition coefficient (Wildman–Crippen LogP) is 1.95. The molecule has 0 aliphatic carbocycles. The summed E-state index contributed by atoms with van der Waals surface area (Å²) < 4.78 is 0.996. The van der Waals surface area contributed by atoms with E-state index in [1.165, 1.54) is 5.56 Å². The van der Waals surface area contributed by atoms with Crippen molar-refractivity contribution in [2.45, 2.75) is 18.0 Å². The van der Waals surface area contributed by atoms with Gasteiger partial charge in [-0.2, -0.15) is 0 Å². The maximum Gasteiger partial charge on any atom is 0.280 e. The van der Waals surface area contributed by atoms with Gasteiger partial charge in [0.2, 0.25) is 5.91 Å². The lowest BCUT2D eigenvalue weighted by Crippen LogP contribution is -2.31. The number of carbonyl (C=O) groups excluding carboxylic acids is 1. The Morgan fingerprint density at radius 1 is 1.12 bits per heavy atom. The minimum absolute atomic E-state index is 0.106. The van der Waals surface area contributed by atoms with Gasteiger partial charge in [-0.25, -0.2) is 9.66 Å². The van der Waals surface area contributed by atoms with Gasteiger partial charge in [-0.3, -0.25) is 9.59 Å². The minimum Gasteiger partial charge on any atom is -0.355 e. The van der Waals surface area contributed by atoms with Gasteiger partial charge in [0, 0.05) is 6.54 Å². The fourth-order valence-electron chi connectivity index (χ4n) is 2.57. The molecule has 0 saturated heterocycles. The Morgan fingerprint density at radius 2 is 1.85 bits per heavy atom. The van der Waals surface area contributed by atoms with E-state index in [9.17, 15) is 9.59 Å². The van der Waals surface area contributed by atoms with Crippen LogP contribution in [0.25, 0.3) is 10.9 Å². The van der Waals surface area contributed by atoms with Crippen molar-refractivity contribution in [3.8, 4) is 0 Å². The quantitative estimate of drug-likeness (QED) is 0.288. The Hall–Kier alpha value is -2.80. The number of aryl methyl sites for hydroxylation is 1. The van der Waals surface area contributed by atoms with Gasteiger partial charge in [0.25, 0.3) is 5.56 Å². The zero-order valence-electron chi connectivity index (χ0n) is 14.2. The average molecular weight is 368 g/mol. The number of fused-ring (bicyclic) bond motifs is 1. The molecular formula is C19H20N4O2S. The standard InChI is InChI=1S/C19H20N4O2S/c20-23-18(25)15-10-4-5-11-16(15)22-19(23)26-13-17(24)21-12-6-9-14-7-2-1-3-8-14/h1-5,7-8,10-11H,6,9,12-13,20H2,(H,21,24). The molecule has 0 unspecified atom stereocenters. The molecule has 26 heavy (non-hydrogen) atoms. The second kappa shape index (κ2) is 8.53. The van der Waals surface area contributed by atoms with Crippen molar-refractivity contribution in [2.24, 2.45) is 0 Å². The second-order valence-corrected chi connectivity index (χ2v) is 6.76. The van der Waals surface area contributed by atoms with Crippen LogP contribution in [0.5, 0.6) is 0 Å². The normalized spacial score (nSPS) is 10.8. The molecule has 0 spiro atoms. The molecule has 134 valence electrons. The van der Waals surface area contributed by atoms with Crippen molar-refractivity contribution in [1.82, 2.24) is 15.0 Å². The molecule has 1 heterocycles. The molecule has 0 fully saturated rings. The van der Waals surface area contributed by atoms with Crippen molar-refractivity contribution in [3.05, 3.63) is 70.5 Å². The molecule has 3 N–H and O–H groups in total. The zero-order chi connectivity index (χ0) is 18.4. The van der Waals surface area contributed by atoms with Crippen LogP contribution in [0.3, 0.4) is 0 Å². The van der Waals surface area contributed by atoms with E-state index in [4.69, 9.17) is 5.84 Å². The molecule has 1 aromatic heterocycles. The number of nitrogens with zero attached hydrogens (tertiary/aromatic N) is 2. The highest BCUT2D eigenvalue weighted by Gasteiger charge is 2.11. The fourth-order valence-corrected chi connectivity index (χ4v) is 3.32. The monoisotopic (exact) mass is 368 g/mol. The van der Waals surface area contributed by atoms with E-state index >= 15 is 0 Å². The van der Waals surface area contributed by atoms with Crippen LogP contribution in [0.4, 0.5) is 0 Å². The Kier molecular flexibility index (Phi) is 5.91. The first-order chi connectivity index (χ1) is 12.6. The van der Waals surface area contributed by atoms with E-state index in [-0.39, 0.29) is 17.2 Å². The number of aromatic nitrogens is 2. The highest BCUT2D eigenvalue weighted by Crippen LogP contribution is 2.15. The number of hydrogen-bond acceptors (Lipinski definition) is 5. The van der Waals surface area contributed by atoms with Crippen LogP contribution in [0, 0.1) is 0 Å². The van der Waals surface area contributed by atoms with Gasteiger partial charge in [-0.15, -0.1) is 0 Å². The topological polar surface area (TPSA) is 90.0 Å². The Balaban J connectivity index is 1.51. The van der Waals surface area contributed by atoms with E-state index in [0.29, 0.717) is 22.6 Å². The van der Waals surface area contributed by atoms with E-state index in [1.54, 1.807) is 18.2 Å². The van der Waals surface area contributed by atoms with Gasteiger partial charge in [0.1, 0.15) is 0 Å². The van der Waals surface area contributed by atoms with E-state index in [0.717, 1.165) is 29.3 Å². The number of rotatable bonds is 7. The molecule has 1 amide bonds. The third kappa shape index (κ3) is 4.43. The zero-order valence-corrected chi connectivity index (χ0v) is 15.0. The van der Waals surface area contributed by atoms with Gasteiger partial charge in [-0.05, 0) is 30.5 Å². The molecule has 0 aliphatic heterocycles. The number of carbonyl (C=O) groups is 1. The third-order valence-corrected chi connectivity index (χ3v) is 4.87. The van der Waals surface area contributed by atoms with Gasteiger partial charge in [0.05, 0.1) is 16.7 Å². The minimum atomic E-state index is -0.318. The summed E-state index contributed by atoms with van der Waals surface area (Å²) in [6.45, 7) is 0.606. The molecule has 0 aliphatic rings. The number of thioether (sulfide) groups is 1. The van der Waals surface area contributed by atoms with Gasteiger partial charge >= 0.3 is 0 Å². The molecule has 0 bridgehead atoms. The lowest BCUT2D eigenvalue weighted by atomic mass is 10.1. The van der Waals surface area contributed by atoms with Crippen LogP contribution >= 0.6 is 11.8 Å². The summed E-state index contributed by atoms with van der Waals surface area (Å²) in [5.74, 6) is 5.86. The Labute approximate surface area is 155 Å². The van der Waals surface area contributed by atoms with Gasteiger partial charge in [0.15, 0.2) is 5.16 Å². The SMILES string of the molecule is Nn1c(SCC(=O)NCCCc2ccccc2)nc2ccccc2c1=O. The van der Waals surface area contributed by atoms with Crippen molar-refractivity contribution in [1.29, 1.82) is 0 Å². The smallest absolute Gasteiger partial charge is 0.280 e. The van der Waals surface area contributed by atoms with Crippen LogP contribution < -0.4 is 16.7 Å². The van der Waals surface area contributed by atoms with Crippen molar-refractivity contribution in [2.75, 3.05) is 18.1 Å². The van der Waals surface area contributed by atoms with E-state index in [2.05, 4.69) is 22.4 Å². The highest BCUT2D eigenvalue weighted by atomic mass is 32.2. The molecular weight excluding hydrogens is 348 g/mol. The summed E-state index contributed by atoms with van der Waals surface area (Å²) in [4.78, 5) is 28.6. The van der Waals surface area contributed by atoms with Crippen LogP contribution in [0.15, 0.2) is 64.5 Å². The summed E-state index contributed by atoms with van der Waals surface area (Å²) in [5.41, 5.74) is 1.51. The maximum absolute atomic E-state index is 12.2. The van der Waals surface area contributed by atoms with Crippen LogP contribution in [0.2, 0.25) is 0 Å². The Bertz CT molecular complexity index is 957. The van der Waals surface area contributed by atoms with Gasteiger partial charge < -0.3 is 11.2 Å². The maximum atomic E-state index is 12.2. The first-order valence-electron chi connectivity index (χ1n) is 8.35. The van der Waals surface area contributed by atoms with Crippen molar-refractivity contribution < 1.29 is 4.79 Å². The predicted molar refractivity (Wildman–Crippen MR) is 105 cm³/mol. The van der Waals surface area contributed by atoms with Gasteiger partial charge in [-0.1, -0.05) is 54.2 Å². The van der Waals surface area contributed by atoms with Crippen LogP contribution in [-0.4, -0.2) is 27.9 Å². The van der Waals surface area contributed by atoms with E-state index < -0.39 is 0 Å². The summed E-state index contributed by atoms with van der Waals surface area (Å²) in [6, 6.07) is 17.2. The second-order valence-electron chi connectivity index (χ2n) is 5.81. The fraction of sp³-hybridized carbons (Fsp3) is 0.211. The first-order valence-corrected chi connectivity index (χ1v) is 9.34. The number of nitrogen functional groups attached to an aromatic ring is 1. The van der Waals surface area contributed by atoms with Crippen molar-refractivity contribution >= 4 is 28.6 Å². The first kappa shape index (κ1) is 18.0. The number of hydrogen-bond donors (Lipinski definition) is 2. The molecule has 7 heteroatoms. The van der Waals surface area contributed by atoms with Crippen LogP contribution in [0.1, 0.15) is 12.0 Å². The number of nitrogens with two attached hydrogens (primary N) is 1. The Morgan fingerprint density at radius 3 is 2.65 bits per heavy atom. The largest absolute Gasteiger partial charge is 0.355 e. The number of amides is 1. The van der Waals surface area contributed by atoms with E-state index in [1.807, 2.05) is 24.3 Å². The molecule has 0 saturated carbocycles. The summed E-state index contributed by atoms with van der Waals surface area (Å²) in [6.07, 6.45) is 1.79. The highest BCUT2D eigenvalue weighted by molar-refractivity contribution is 7.99. The third-order valence-electron chi connectivity index (χ3n) is 3.92. The summed E-state index contributed by atoms with van der Waals surface area (Å²) >= 11 is 1.15. The lowest BCUT2D eigenvalue weighted by molar-refractivity contribution is -0.118. The molecule has 0 radical (unpaired) electrons. The van der Waals surface area contributed by atoms with Crippen LogP contribution in [-0.2, 0) is 11.2 Å². The number of para-hydroxylation sites is 1.